The molecule has 5 aromatic rings. The first-order valence-corrected chi connectivity index (χ1v) is 13.5. The van der Waals surface area contributed by atoms with E-state index >= 15 is 0 Å². The number of rotatable bonds is 4. The number of aryl methyl sites for hydroxylation is 1. The van der Waals surface area contributed by atoms with Gasteiger partial charge in [-0.25, -0.2) is 23.2 Å². The van der Waals surface area contributed by atoms with Crippen LogP contribution in [-0.4, -0.2) is 35.6 Å². The van der Waals surface area contributed by atoms with E-state index in [1.807, 2.05) is 49.4 Å². The lowest BCUT2D eigenvalue weighted by Crippen LogP contribution is -2.30. The van der Waals surface area contributed by atoms with Crippen molar-refractivity contribution < 1.29 is 13.2 Å². The van der Waals surface area contributed by atoms with E-state index in [-0.39, 0.29) is 10.8 Å². The van der Waals surface area contributed by atoms with Gasteiger partial charge in [0, 0.05) is 29.4 Å². The normalized spacial score (nSPS) is 13.2. The maximum absolute atomic E-state index is 13.8. The molecule has 0 saturated carbocycles. The van der Waals surface area contributed by atoms with Crippen molar-refractivity contribution in [3.05, 3.63) is 95.9 Å². The Hall–Kier alpha value is -4.54. The van der Waals surface area contributed by atoms with Crippen LogP contribution in [0.2, 0.25) is 0 Å². The summed E-state index contributed by atoms with van der Waals surface area (Å²) in [5, 5.41) is 11.8. The van der Waals surface area contributed by atoms with Crippen molar-refractivity contribution in [1.29, 1.82) is 0 Å². The van der Waals surface area contributed by atoms with E-state index in [0.717, 1.165) is 27.6 Å². The highest BCUT2D eigenvalue weighted by atomic mass is 32.2. The van der Waals surface area contributed by atoms with Crippen molar-refractivity contribution in [2.24, 2.45) is 5.14 Å². The van der Waals surface area contributed by atoms with Crippen molar-refractivity contribution in [3.8, 4) is 16.8 Å². The van der Waals surface area contributed by atoms with Gasteiger partial charge in [0.25, 0.3) is 5.91 Å². The first-order chi connectivity index (χ1) is 18.2. The number of nitrogen functional groups attached to an aromatic ring is 1. The zero-order valence-corrected chi connectivity index (χ0v) is 21.3. The predicted octanol–water partition coefficient (Wildman–Crippen LogP) is 3.83. The van der Waals surface area contributed by atoms with Gasteiger partial charge in [0.15, 0.2) is 0 Å². The average molecular weight is 525 g/mol. The van der Waals surface area contributed by atoms with Crippen LogP contribution in [0.25, 0.3) is 27.6 Å². The molecule has 3 heterocycles. The summed E-state index contributed by atoms with van der Waals surface area (Å²) in [5.74, 6) is 0.232. The first kappa shape index (κ1) is 23.8. The number of fused-ring (bicyclic) bond motifs is 2. The molecular formula is C28H24N6O3S. The number of hydrogen-bond acceptors (Lipinski definition) is 6. The van der Waals surface area contributed by atoms with E-state index in [1.54, 1.807) is 40.0 Å². The number of hydrogen-bond donors (Lipinski definition) is 2. The molecule has 1 aliphatic heterocycles. The van der Waals surface area contributed by atoms with Crippen molar-refractivity contribution >= 4 is 38.2 Å². The van der Waals surface area contributed by atoms with Gasteiger partial charge in [-0.15, -0.1) is 0 Å². The third kappa shape index (κ3) is 4.00. The second-order valence-electron chi connectivity index (χ2n) is 9.28. The molecule has 38 heavy (non-hydrogen) atoms. The topological polar surface area (TPSA) is 137 Å². The van der Waals surface area contributed by atoms with Crippen LogP contribution >= 0.6 is 0 Å². The van der Waals surface area contributed by atoms with Crippen LogP contribution in [0.4, 0.5) is 11.5 Å². The number of pyridine rings is 1. The molecule has 6 rings (SSSR count). The maximum Gasteiger partial charge on any atom is 0.277 e. The van der Waals surface area contributed by atoms with Gasteiger partial charge < -0.3 is 10.6 Å². The molecule has 9 nitrogen and oxygen atoms in total. The molecular weight excluding hydrogens is 500 g/mol. The molecule has 2 aromatic heterocycles. The molecule has 190 valence electrons. The Kier molecular flexibility index (Phi) is 5.51. The highest BCUT2D eigenvalue weighted by Crippen LogP contribution is 2.35. The van der Waals surface area contributed by atoms with E-state index in [2.05, 4.69) is 10.1 Å². The lowest BCUT2D eigenvalue weighted by Gasteiger charge is -2.19. The smallest absolute Gasteiger partial charge is 0.277 e. The van der Waals surface area contributed by atoms with Gasteiger partial charge in [-0.1, -0.05) is 30.3 Å². The van der Waals surface area contributed by atoms with Crippen LogP contribution in [0.3, 0.4) is 0 Å². The Morgan fingerprint density at radius 1 is 1.00 bits per heavy atom. The van der Waals surface area contributed by atoms with Crippen LogP contribution in [0.15, 0.2) is 83.9 Å². The van der Waals surface area contributed by atoms with Crippen molar-refractivity contribution in [2.75, 3.05) is 17.2 Å². The SMILES string of the molecule is Cc1cc(C(=O)N2CCc3cc(-c4ccccc4S(N)(=O)=O)ccc32)n(-c2ccc3ccnc(N)c3c2)n1. The Labute approximate surface area is 219 Å². The Morgan fingerprint density at radius 2 is 1.82 bits per heavy atom. The molecule has 0 radical (unpaired) electrons. The largest absolute Gasteiger partial charge is 0.383 e. The Morgan fingerprint density at radius 3 is 2.63 bits per heavy atom. The Balaban J connectivity index is 1.37. The fourth-order valence-electron chi connectivity index (χ4n) is 5.03. The fourth-order valence-corrected chi connectivity index (χ4v) is 5.79. The average Bonchev–Trinajstić information content (AvgIpc) is 3.51. The first-order valence-electron chi connectivity index (χ1n) is 12.0. The van der Waals surface area contributed by atoms with E-state index < -0.39 is 10.0 Å². The van der Waals surface area contributed by atoms with Crippen LogP contribution in [0.1, 0.15) is 21.7 Å². The lowest BCUT2D eigenvalue weighted by molar-refractivity contribution is 0.0982. The number of amides is 1. The Bertz CT molecular complexity index is 1860. The number of primary sulfonamides is 1. The van der Waals surface area contributed by atoms with Gasteiger partial charge in [-0.05, 0) is 72.3 Å². The van der Waals surface area contributed by atoms with Crippen LogP contribution in [0, 0.1) is 6.92 Å². The van der Waals surface area contributed by atoms with Crippen molar-refractivity contribution in [1.82, 2.24) is 14.8 Å². The molecule has 0 bridgehead atoms. The second-order valence-corrected chi connectivity index (χ2v) is 10.8. The minimum absolute atomic E-state index is 0.0662. The fraction of sp³-hybridized carbons (Fsp3) is 0.107. The molecule has 0 aliphatic carbocycles. The van der Waals surface area contributed by atoms with Crippen LogP contribution in [-0.2, 0) is 16.4 Å². The molecule has 1 aliphatic rings. The summed E-state index contributed by atoms with van der Waals surface area (Å²) in [6, 6.07) is 21.6. The predicted molar refractivity (Wildman–Crippen MR) is 147 cm³/mol. The molecule has 0 fully saturated rings. The third-order valence-electron chi connectivity index (χ3n) is 6.80. The maximum atomic E-state index is 13.8. The van der Waals surface area contributed by atoms with Gasteiger partial charge >= 0.3 is 0 Å². The molecule has 0 unspecified atom stereocenters. The highest BCUT2D eigenvalue weighted by Gasteiger charge is 2.29. The number of sulfonamides is 1. The summed E-state index contributed by atoms with van der Waals surface area (Å²) in [5.41, 5.74) is 10.9. The van der Waals surface area contributed by atoms with Gasteiger partial charge in [-0.3, -0.25) is 4.79 Å². The summed E-state index contributed by atoms with van der Waals surface area (Å²) < 4.78 is 25.9. The number of anilines is 2. The number of benzene rings is 3. The van der Waals surface area contributed by atoms with Gasteiger partial charge in [0.2, 0.25) is 10.0 Å². The molecule has 10 heteroatoms. The molecule has 0 spiro atoms. The minimum Gasteiger partial charge on any atom is -0.383 e. The third-order valence-corrected chi connectivity index (χ3v) is 7.77. The summed E-state index contributed by atoms with van der Waals surface area (Å²) in [7, 11) is -3.89. The van der Waals surface area contributed by atoms with E-state index in [0.29, 0.717) is 41.4 Å². The zero-order valence-electron chi connectivity index (χ0n) is 20.5. The van der Waals surface area contributed by atoms with E-state index in [1.165, 1.54) is 6.07 Å². The number of aromatic nitrogens is 3. The zero-order chi connectivity index (χ0) is 26.6. The van der Waals surface area contributed by atoms with Crippen LogP contribution < -0.4 is 15.8 Å². The second kappa shape index (κ2) is 8.79. The molecule has 4 N–H and O–H groups in total. The van der Waals surface area contributed by atoms with E-state index in [4.69, 9.17) is 10.9 Å². The highest BCUT2D eigenvalue weighted by molar-refractivity contribution is 7.89. The quantitative estimate of drug-likeness (QED) is 0.367. The summed E-state index contributed by atoms with van der Waals surface area (Å²) in [6.45, 7) is 2.34. The van der Waals surface area contributed by atoms with Gasteiger partial charge in [0.1, 0.15) is 11.5 Å². The molecule has 3 aromatic carbocycles. The number of nitrogens with zero attached hydrogens (tertiary/aromatic N) is 4. The van der Waals surface area contributed by atoms with Crippen molar-refractivity contribution in [2.45, 2.75) is 18.2 Å². The molecule has 0 atom stereocenters. The number of nitrogens with two attached hydrogens (primary N) is 2. The van der Waals surface area contributed by atoms with E-state index in [9.17, 15) is 13.2 Å². The minimum atomic E-state index is -3.89. The van der Waals surface area contributed by atoms with Crippen LogP contribution in [0.5, 0.6) is 0 Å². The summed E-state index contributed by atoms with van der Waals surface area (Å²) >= 11 is 0. The van der Waals surface area contributed by atoms with Gasteiger partial charge in [-0.2, -0.15) is 5.10 Å². The standard InChI is InChI=1S/C28H24N6O3S/c1-17-14-25(34(32-17)21-8-6-18-10-12-31-27(29)23(18)16-21)28(35)33-13-11-20-15-19(7-9-24(20)33)22-4-2-3-5-26(22)38(30,36)37/h2-10,12,14-16H,11,13H2,1H3,(H2,29,31)(H2,30,36,37). The number of carbonyl (C=O) groups is 1. The molecule has 1 amide bonds. The summed E-state index contributed by atoms with van der Waals surface area (Å²) in [4.78, 5) is 19.8. The summed E-state index contributed by atoms with van der Waals surface area (Å²) in [6.07, 6.45) is 2.30. The van der Waals surface area contributed by atoms with Crippen molar-refractivity contribution in [3.63, 3.8) is 0 Å². The monoisotopic (exact) mass is 524 g/mol. The lowest BCUT2D eigenvalue weighted by atomic mass is 10.0. The molecule has 0 saturated heterocycles. The van der Waals surface area contributed by atoms with Gasteiger partial charge in [0.05, 0.1) is 16.3 Å². The number of carbonyl (C=O) groups excluding carboxylic acids is 1.